The van der Waals surface area contributed by atoms with Crippen LogP contribution in [0.5, 0.6) is 0 Å². The van der Waals surface area contributed by atoms with Gasteiger partial charge < -0.3 is 19.5 Å². The van der Waals surface area contributed by atoms with Gasteiger partial charge >= 0.3 is 0 Å². The van der Waals surface area contributed by atoms with E-state index >= 15 is 0 Å². The highest BCUT2D eigenvalue weighted by Gasteiger charge is 2.47. The number of rotatable bonds is 3. The molecule has 4 heterocycles. The largest absolute Gasteiger partial charge is 0.381 e. The van der Waals surface area contributed by atoms with Crippen molar-refractivity contribution in [2.75, 3.05) is 51.3 Å². The van der Waals surface area contributed by atoms with Crippen molar-refractivity contribution in [1.29, 1.82) is 0 Å². The fourth-order valence-electron chi connectivity index (χ4n) is 7.51. The first kappa shape index (κ1) is 24.6. The van der Waals surface area contributed by atoms with Crippen LogP contribution in [0.4, 0.5) is 5.69 Å². The summed E-state index contributed by atoms with van der Waals surface area (Å²) in [4.78, 5) is 27.3. The maximum absolute atomic E-state index is 14.1. The number of piperidine rings is 1. The van der Waals surface area contributed by atoms with Gasteiger partial charge in [-0.2, -0.15) is 0 Å². The number of nitrogens with one attached hydrogen (secondary N) is 1. The van der Waals surface area contributed by atoms with Crippen LogP contribution in [-0.2, 0) is 10.2 Å². The Balaban J connectivity index is 1.31. The summed E-state index contributed by atoms with van der Waals surface area (Å²) >= 11 is 3.89. The van der Waals surface area contributed by atoms with Gasteiger partial charge in [-0.1, -0.05) is 12.1 Å². The predicted molar refractivity (Wildman–Crippen MR) is 156 cm³/mol. The molecule has 0 radical (unpaired) electrons. The van der Waals surface area contributed by atoms with E-state index in [-0.39, 0.29) is 11.2 Å². The molecule has 6 nitrogen and oxygen atoms in total. The van der Waals surface area contributed by atoms with Gasteiger partial charge in [-0.15, -0.1) is 0 Å². The molecule has 0 atom stereocenters. The van der Waals surface area contributed by atoms with E-state index in [1.165, 1.54) is 50.0 Å². The summed E-state index contributed by atoms with van der Waals surface area (Å²) in [5, 5.41) is 0.999. The lowest BCUT2D eigenvalue weighted by Crippen LogP contribution is -2.44. The number of carbonyl (C=O) groups is 1. The third-order valence-electron chi connectivity index (χ3n) is 9.46. The molecule has 0 amide bonds. The van der Waals surface area contributed by atoms with Crippen LogP contribution in [0, 0.1) is 0 Å². The maximum atomic E-state index is 14.1. The van der Waals surface area contributed by atoms with Gasteiger partial charge in [-0.3, -0.25) is 9.79 Å². The third-order valence-corrected chi connectivity index (χ3v) is 10.1. The first-order valence-electron chi connectivity index (χ1n) is 14.1. The zero-order valence-corrected chi connectivity index (χ0v) is 23.6. The van der Waals surface area contributed by atoms with Crippen LogP contribution in [0.1, 0.15) is 71.3 Å². The zero-order valence-electron chi connectivity index (χ0n) is 22.1. The minimum absolute atomic E-state index is 0.121. The number of hydrogen-bond donors (Lipinski definition) is 1. The average molecular weight is 576 g/mol. The molecule has 3 fully saturated rings. The molecule has 4 aliphatic rings. The number of aromatic nitrogens is 1. The number of halogens is 1. The Bertz CT molecular complexity index is 1420. The Hall–Kier alpha value is -2.48. The molecule has 198 valence electrons. The molecule has 1 N–H and O–H groups in total. The quantitative estimate of drug-likeness (QED) is 0.408. The number of H-pyrrole nitrogens is 1. The number of fused-ring (bicyclic) bond motifs is 6. The van der Waals surface area contributed by atoms with Crippen molar-refractivity contribution in [3.63, 3.8) is 0 Å². The smallest absolute Gasteiger partial charge is 0.195 e. The first-order valence-corrected chi connectivity index (χ1v) is 14.9. The molecular weight excluding hydrogens is 540 g/mol. The molecule has 3 aliphatic heterocycles. The van der Waals surface area contributed by atoms with Crippen molar-refractivity contribution in [1.82, 2.24) is 9.88 Å². The van der Waals surface area contributed by atoms with Gasteiger partial charge in [-0.25, -0.2) is 0 Å². The fraction of sp³-hybridized carbons (Fsp3) is 0.484. The Morgan fingerprint density at radius 1 is 1.08 bits per heavy atom. The minimum atomic E-state index is -0.252. The van der Waals surface area contributed by atoms with Gasteiger partial charge in [0.2, 0.25) is 0 Å². The van der Waals surface area contributed by atoms with Crippen molar-refractivity contribution in [3.05, 3.63) is 62.8 Å². The Morgan fingerprint density at radius 3 is 2.58 bits per heavy atom. The van der Waals surface area contributed by atoms with Gasteiger partial charge in [0.1, 0.15) is 0 Å². The van der Waals surface area contributed by atoms with E-state index in [0.717, 1.165) is 63.7 Å². The number of aromatic amines is 1. The van der Waals surface area contributed by atoms with Gasteiger partial charge in [0, 0.05) is 77.7 Å². The van der Waals surface area contributed by atoms with Crippen molar-refractivity contribution in [3.8, 4) is 0 Å². The average Bonchev–Trinajstić information content (AvgIpc) is 3.62. The standard InChI is InChI=1S/C31H35BrN4O2/c1-33-19-20-4-5-22-26(16-20)34-30-28(22)29(37)23-17-25(32)27(18-24(23)31(30)8-14-38-15-9-31)36-12-6-21(7-13-36)35-10-2-3-11-35/h4-5,16-19,21,34H,2-3,6-15H2,1H3. The molecule has 1 aromatic heterocycles. The number of likely N-dealkylation sites (tertiary alicyclic amines) is 1. The van der Waals surface area contributed by atoms with Crippen LogP contribution in [0.25, 0.3) is 10.9 Å². The summed E-state index contributed by atoms with van der Waals surface area (Å²) in [6, 6.07) is 11.4. The highest BCUT2D eigenvalue weighted by molar-refractivity contribution is 9.10. The van der Waals surface area contributed by atoms with Gasteiger partial charge in [-0.05, 0) is 96.9 Å². The van der Waals surface area contributed by atoms with E-state index in [1.807, 2.05) is 12.3 Å². The first-order chi connectivity index (χ1) is 18.6. The van der Waals surface area contributed by atoms with E-state index in [1.54, 1.807) is 7.05 Å². The van der Waals surface area contributed by atoms with Crippen molar-refractivity contribution < 1.29 is 9.53 Å². The number of carbonyl (C=O) groups excluding carboxylic acids is 1. The number of anilines is 1. The lowest BCUT2D eigenvalue weighted by Gasteiger charge is -2.43. The molecule has 3 saturated heterocycles. The van der Waals surface area contributed by atoms with Crippen LogP contribution >= 0.6 is 15.9 Å². The summed E-state index contributed by atoms with van der Waals surface area (Å²) in [6.07, 6.45) is 8.70. The minimum Gasteiger partial charge on any atom is -0.381 e. The van der Waals surface area contributed by atoms with Gasteiger partial charge in [0.05, 0.1) is 11.3 Å². The number of benzene rings is 2. The van der Waals surface area contributed by atoms with Crippen LogP contribution in [0.3, 0.4) is 0 Å². The molecule has 0 bridgehead atoms. The fourth-order valence-corrected chi connectivity index (χ4v) is 8.11. The topological polar surface area (TPSA) is 60.9 Å². The summed E-state index contributed by atoms with van der Waals surface area (Å²) < 4.78 is 6.89. The highest BCUT2D eigenvalue weighted by Crippen LogP contribution is 2.51. The van der Waals surface area contributed by atoms with Crippen LogP contribution in [0.15, 0.2) is 39.8 Å². The Kier molecular flexibility index (Phi) is 6.21. The molecule has 38 heavy (non-hydrogen) atoms. The normalized spacial score (nSPS) is 22.1. The second-order valence-electron chi connectivity index (χ2n) is 11.4. The maximum Gasteiger partial charge on any atom is 0.195 e. The SMILES string of the molecule is CN=Cc1ccc2c3c([nH]c2c1)C1(CCOCC1)c1cc(N2CCC(N4CCCC4)CC2)c(Br)cc1C3=O. The monoisotopic (exact) mass is 574 g/mol. The molecule has 3 aromatic rings. The van der Waals surface area contributed by atoms with Crippen LogP contribution in [-0.4, -0.2) is 74.4 Å². The molecule has 0 saturated carbocycles. The van der Waals surface area contributed by atoms with Crippen molar-refractivity contribution in [2.24, 2.45) is 4.99 Å². The van der Waals surface area contributed by atoms with Crippen molar-refractivity contribution >= 4 is 44.5 Å². The summed E-state index contributed by atoms with van der Waals surface area (Å²) in [6.45, 7) is 6.04. The molecule has 1 aliphatic carbocycles. The van der Waals surface area contributed by atoms with Gasteiger partial charge in [0.25, 0.3) is 0 Å². The predicted octanol–water partition coefficient (Wildman–Crippen LogP) is 5.68. The summed E-state index contributed by atoms with van der Waals surface area (Å²) in [5.74, 6) is 0.121. The zero-order chi connectivity index (χ0) is 25.9. The van der Waals surface area contributed by atoms with E-state index in [2.05, 4.69) is 60.0 Å². The summed E-state index contributed by atoms with van der Waals surface area (Å²) in [7, 11) is 1.78. The number of aliphatic imine (C=N–C) groups is 1. The van der Waals surface area contributed by atoms with E-state index < -0.39 is 0 Å². The summed E-state index contributed by atoms with van der Waals surface area (Å²) in [5.41, 5.74) is 6.92. The number of ether oxygens (including phenoxy) is 1. The van der Waals surface area contributed by atoms with Crippen LogP contribution in [0.2, 0.25) is 0 Å². The molecule has 7 rings (SSSR count). The molecule has 2 aromatic carbocycles. The highest BCUT2D eigenvalue weighted by atomic mass is 79.9. The van der Waals surface area contributed by atoms with Crippen molar-refractivity contribution in [2.45, 2.75) is 50.0 Å². The number of nitrogens with zero attached hydrogens (tertiary/aromatic N) is 3. The molecule has 1 spiro atoms. The number of hydrogen-bond acceptors (Lipinski definition) is 5. The Morgan fingerprint density at radius 2 is 1.84 bits per heavy atom. The second-order valence-corrected chi connectivity index (χ2v) is 12.3. The molecule has 7 heteroatoms. The van der Waals surface area contributed by atoms with Crippen LogP contribution < -0.4 is 4.90 Å². The Labute approximate surface area is 232 Å². The molecule has 0 unspecified atom stereocenters. The van der Waals surface area contributed by atoms with E-state index in [9.17, 15) is 4.79 Å². The lowest BCUT2D eigenvalue weighted by molar-refractivity contribution is 0.0602. The van der Waals surface area contributed by atoms with Gasteiger partial charge in [0.15, 0.2) is 5.78 Å². The van der Waals surface area contributed by atoms with E-state index in [0.29, 0.717) is 19.3 Å². The van der Waals surface area contributed by atoms with E-state index in [4.69, 9.17) is 4.74 Å². The molecular formula is C31H35BrN4O2. The lowest BCUT2D eigenvalue weighted by atomic mass is 9.64. The third kappa shape index (κ3) is 3.81. The second kappa shape index (κ2) is 9.61. The number of ketones is 1.